The van der Waals surface area contributed by atoms with Gasteiger partial charge in [0.05, 0.1) is 13.2 Å². The lowest BCUT2D eigenvalue weighted by molar-refractivity contribution is -0.144. The van der Waals surface area contributed by atoms with E-state index in [1.54, 1.807) is 6.92 Å². The first kappa shape index (κ1) is 18.5. The predicted molar refractivity (Wildman–Crippen MR) is 76.3 cm³/mol. The molecule has 0 unspecified atom stereocenters. The fraction of sp³-hybridized carbons (Fsp3) is 0.733. The SMILES string of the molecule is C=C(O)C(=O)OCC.O=C1CCCCCCCCCO1. The van der Waals surface area contributed by atoms with Crippen molar-refractivity contribution >= 4 is 11.9 Å². The summed E-state index contributed by atoms with van der Waals surface area (Å²) >= 11 is 0. The van der Waals surface area contributed by atoms with Crippen molar-refractivity contribution in [2.45, 2.75) is 58.3 Å². The molecule has 0 aromatic carbocycles. The molecule has 0 aliphatic carbocycles. The van der Waals surface area contributed by atoms with Crippen LogP contribution in [0.25, 0.3) is 0 Å². The Kier molecular flexibility index (Phi) is 11.6. The van der Waals surface area contributed by atoms with Gasteiger partial charge in [-0.15, -0.1) is 0 Å². The second-order valence-corrected chi connectivity index (χ2v) is 4.61. The van der Waals surface area contributed by atoms with E-state index < -0.39 is 11.7 Å². The molecule has 0 atom stereocenters. The quantitative estimate of drug-likeness (QED) is 0.479. The van der Waals surface area contributed by atoms with E-state index in [2.05, 4.69) is 11.3 Å². The zero-order chi connectivity index (χ0) is 15.2. The molecule has 0 bridgehead atoms. The Hall–Kier alpha value is -1.52. The molecule has 116 valence electrons. The predicted octanol–water partition coefficient (Wildman–Crippen LogP) is 3.29. The van der Waals surface area contributed by atoms with Crippen LogP contribution in [0.3, 0.4) is 0 Å². The van der Waals surface area contributed by atoms with Crippen molar-refractivity contribution in [1.29, 1.82) is 0 Å². The number of rotatable bonds is 2. The molecule has 0 aromatic rings. The van der Waals surface area contributed by atoms with Gasteiger partial charge in [0.15, 0.2) is 5.76 Å². The minimum atomic E-state index is -0.757. The van der Waals surface area contributed by atoms with Crippen LogP contribution < -0.4 is 0 Å². The van der Waals surface area contributed by atoms with Crippen LogP contribution >= 0.6 is 0 Å². The highest BCUT2D eigenvalue weighted by atomic mass is 16.5. The van der Waals surface area contributed by atoms with Crippen molar-refractivity contribution in [3.8, 4) is 0 Å². The number of carbonyl (C=O) groups excluding carboxylic acids is 2. The van der Waals surface area contributed by atoms with Gasteiger partial charge in [0, 0.05) is 6.42 Å². The van der Waals surface area contributed by atoms with Gasteiger partial charge in [-0.3, -0.25) is 4.79 Å². The number of aliphatic hydroxyl groups is 1. The van der Waals surface area contributed by atoms with Crippen molar-refractivity contribution in [1.82, 2.24) is 0 Å². The third-order valence-electron chi connectivity index (χ3n) is 2.80. The second-order valence-electron chi connectivity index (χ2n) is 4.61. The van der Waals surface area contributed by atoms with E-state index in [0.717, 1.165) is 12.8 Å². The summed E-state index contributed by atoms with van der Waals surface area (Å²) in [4.78, 5) is 21.2. The lowest BCUT2D eigenvalue weighted by atomic mass is 10.1. The van der Waals surface area contributed by atoms with E-state index in [1.807, 2.05) is 0 Å². The van der Waals surface area contributed by atoms with E-state index in [1.165, 1.54) is 32.1 Å². The molecule has 5 nitrogen and oxygen atoms in total. The summed E-state index contributed by atoms with van der Waals surface area (Å²) in [7, 11) is 0. The summed E-state index contributed by atoms with van der Waals surface area (Å²) in [6.45, 7) is 5.51. The molecule has 1 N–H and O–H groups in total. The molecule has 1 fully saturated rings. The molecule has 5 heteroatoms. The first-order valence-corrected chi connectivity index (χ1v) is 7.28. The number of aliphatic hydroxyl groups excluding tert-OH is 1. The standard InChI is InChI=1S/C10H18O2.C5H8O3/c11-10-8-6-4-2-1-3-5-7-9-12-10;1-3-8-5(7)4(2)6/h1-9H2;6H,2-3H2,1H3. The maximum Gasteiger partial charge on any atom is 0.372 e. The largest absolute Gasteiger partial charge is 0.502 e. The number of cyclic esters (lactones) is 1. The highest BCUT2D eigenvalue weighted by Gasteiger charge is 2.03. The lowest BCUT2D eigenvalue weighted by Crippen LogP contribution is -2.05. The maximum absolute atomic E-state index is 11.0. The van der Waals surface area contributed by atoms with Crippen molar-refractivity contribution in [3.05, 3.63) is 12.3 Å². The molecule has 1 aliphatic heterocycles. The van der Waals surface area contributed by atoms with Crippen molar-refractivity contribution in [2.24, 2.45) is 0 Å². The Labute approximate surface area is 121 Å². The molecule has 1 aliphatic rings. The van der Waals surface area contributed by atoms with Gasteiger partial charge in [0.25, 0.3) is 0 Å². The normalized spacial score (nSPS) is 16.8. The molecule has 1 rings (SSSR count). The van der Waals surface area contributed by atoms with Gasteiger partial charge in [-0.1, -0.05) is 32.1 Å². The van der Waals surface area contributed by atoms with E-state index in [4.69, 9.17) is 9.84 Å². The smallest absolute Gasteiger partial charge is 0.372 e. The zero-order valence-corrected chi connectivity index (χ0v) is 12.4. The highest BCUT2D eigenvalue weighted by molar-refractivity contribution is 5.84. The molecule has 20 heavy (non-hydrogen) atoms. The minimum Gasteiger partial charge on any atom is -0.502 e. The van der Waals surface area contributed by atoms with Gasteiger partial charge in [-0.25, -0.2) is 4.79 Å². The third kappa shape index (κ3) is 11.6. The number of ether oxygens (including phenoxy) is 2. The number of hydrogen-bond acceptors (Lipinski definition) is 5. The summed E-state index contributed by atoms with van der Waals surface area (Å²) in [5, 5.41) is 8.28. The monoisotopic (exact) mass is 286 g/mol. The van der Waals surface area contributed by atoms with Gasteiger partial charge < -0.3 is 14.6 Å². The topological polar surface area (TPSA) is 72.8 Å². The molecular weight excluding hydrogens is 260 g/mol. The fourth-order valence-electron chi connectivity index (χ4n) is 1.73. The maximum atomic E-state index is 11.0. The van der Waals surface area contributed by atoms with Crippen LogP contribution in [-0.2, 0) is 19.1 Å². The van der Waals surface area contributed by atoms with E-state index >= 15 is 0 Å². The van der Waals surface area contributed by atoms with E-state index in [9.17, 15) is 9.59 Å². The van der Waals surface area contributed by atoms with Gasteiger partial charge in [0.1, 0.15) is 0 Å². The first-order valence-electron chi connectivity index (χ1n) is 7.28. The molecule has 0 radical (unpaired) electrons. The van der Waals surface area contributed by atoms with Crippen LogP contribution in [0.4, 0.5) is 0 Å². The second kappa shape index (κ2) is 12.5. The lowest BCUT2D eigenvalue weighted by Gasteiger charge is -2.01. The van der Waals surface area contributed by atoms with Crippen LogP contribution in [-0.4, -0.2) is 30.3 Å². The molecular formula is C15H26O5. The van der Waals surface area contributed by atoms with Crippen LogP contribution in [0.2, 0.25) is 0 Å². The Morgan fingerprint density at radius 1 is 1.20 bits per heavy atom. The van der Waals surface area contributed by atoms with Crippen molar-refractivity contribution < 1.29 is 24.2 Å². The van der Waals surface area contributed by atoms with Gasteiger partial charge in [-0.2, -0.15) is 0 Å². The van der Waals surface area contributed by atoms with E-state index in [0.29, 0.717) is 13.0 Å². The minimum absolute atomic E-state index is 0.00287. The molecule has 0 amide bonds. The zero-order valence-electron chi connectivity index (χ0n) is 12.4. The molecule has 0 saturated carbocycles. The van der Waals surface area contributed by atoms with Crippen LogP contribution in [0.5, 0.6) is 0 Å². The summed E-state index contributed by atoms with van der Waals surface area (Å²) in [5.74, 6) is -1.31. The summed E-state index contributed by atoms with van der Waals surface area (Å²) in [5.41, 5.74) is 0. The molecule has 0 spiro atoms. The van der Waals surface area contributed by atoms with Crippen molar-refractivity contribution in [3.63, 3.8) is 0 Å². The third-order valence-corrected chi connectivity index (χ3v) is 2.80. The molecule has 1 heterocycles. The Balaban J connectivity index is 0.000000396. The van der Waals surface area contributed by atoms with E-state index in [-0.39, 0.29) is 12.6 Å². The highest BCUT2D eigenvalue weighted by Crippen LogP contribution is 2.11. The summed E-state index contributed by atoms with van der Waals surface area (Å²) in [6, 6.07) is 0. The average molecular weight is 286 g/mol. The van der Waals surface area contributed by atoms with Crippen LogP contribution in [0.1, 0.15) is 58.3 Å². The van der Waals surface area contributed by atoms with Crippen LogP contribution in [0.15, 0.2) is 12.3 Å². The summed E-state index contributed by atoms with van der Waals surface area (Å²) < 4.78 is 9.35. The fourth-order valence-corrected chi connectivity index (χ4v) is 1.73. The number of carbonyl (C=O) groups is 2. The average Bonchev–Trinajstić information content (AvgIpc) is 2.46. The Bertz CT molecular complexity index is 285. The number of hydrogen-bond donors (Lipinski definition) is 1. The first-order chi connectivity index (χ1) is 9.57. The molecule has 0 aromatic heterocycles. The van der Waals surface area contributed by atoms with Crippen molar-refractivity contribution in [2.75, 3.05) is 13.2 Å². The Morgan fingerprint density at radius 2 is 1.75 bits per heavy atom. The van der Waals surface area contributed by atoms with Gasteiger partial charge in [-0.05, 0) is 26.3 Å². The summed E-state index contributed by atoms with van der Waals surface area (Å²) in [6.07, 6.45) is 9.01. The van der Waals surface area contributed by atoms with Crippen LogP contribution in [0, 0.1) is 0 Å². The van der Waals surface area contributed by atoms with Gasteiger partial charge >= 0.3 is 11.9 Å². The number of esters is 2. The Morgan fingerprint density at radius 3 is 2.25 bits per heavy atom. The molecule has 1 saturated heterocycles. The van der Waals surface area contributed by atoms with Gasteiger partial charge in [0.2, 0.25) is 0 Å².